The summed E-state index contributed by atoms with van der Waals surface area (Å²) in [5.41, 5.74) is 1.39. The van der Waals surface area contributed by atoms with Crippen LogP contribution in [0.3, 0.4) is 0 Å². The van der Waals surface area contributed by atoms with Crippen molar-refractivity contribution in [3.63, 3.8) is 0 Å². The van der Waals surface area contributed by atoms with E-state index < -0.39 is 23.8 Å². The predicted octanol–water partition coefficient (Wildman–Crippen LogP) is 3.10. The lowest BCUT2D eigenvalue weighted by molar-refractivity contribution is -0.113. The number of hydrogen-bond donors (Lipinski definition) is 3. The van der Waals surface area contributed by atoms with E-state index in [1.165, 1.54) is 6.07 Å². The maximum Gasteiger partial charge on any atom is 0.319 e. The number of halogens is 1. The van der Waals surface area contributed by atoms with Gasteiger partial charge in [-0.05, 0) is 37.3 Å². The molecule has 0 saturated carbocycles. The van der Waals surface area contributed by atoms with Crippen LogP contribution in [0.2, 0.25) is 0 Å². The smallest absolute Gasteiger partial charge is 0.319 e. The van der Waals surface area contributed by atoms with E-state index in [0.29, 0.717) is 17.1 Å². The molecule has 2 aromatic rings. The van der Waals surface area contributed by atoms with Crippen molar-refractivity contribution in [2.75, 3.05) is 12.4 Å². The number of amides is 3. The van der Waals surface area contributed by atoms with Crippen molar-refractivity contribution in [3.8, 4) is 5.75 Å². The third kappa shape index (κ3) is 3.51. The molecule has 0 saturated heterocycles. The number of allylic oxidation sites excluding steroid dienone is 1. The van der Waals surface area contributed by atoms with Gasteiger partial charge in [0.15, 0.2) is 0 Å². The minimum atomic E-state index is -0.886. The zero-order valence-corrected chi connectivity index (χ0v) is 14.3. The molecule has 1 aliphatic heterocycles. The average Bonchev–Trinajstić information content (AvgIpc) is 2.62. The lowest BCUT2D eigenvalue weighted by Crippen LogP contribution is -2.46. The van der Waals surface area contributed by atoms with E-state index in [4.69, 9.17) is 4.74 Å². The summed E-state index contributed by atoms with van der Waals surface area (Å²) in [5.74, 6) is -0.273. The summed E-state index contributed by atoms with van der Waals surface area (Å²) in [5, 5.41) is 7.93. The molecule has 1 atom stereocenters. The van der Waals surface area contributed by atoms with Crippen LogP contribution in [0.1, 0.15) is 18.5 Å². The van der Waals surface area contributed by atoms with E-state index in [9.17, 15) is 14.0 Å². The number of methoxy groups -OCH3 is 1. The van der Waals surface area contributed by atoms with E-state index >= 15 is 0 Å². The number of carbonyl (C=O) groups is 2. The molecule has 26 heavy (non-hydrogen) atoms. The molecule has 0 aromatic heterocycles. The van der Waals surface area contributed by atoms with Crippen LogP contribution in [0.4, 0.5) is 14.9 Å². The largest absolute Gasteiger partial charge is 0.497 e. The van der Waals surface area contributed by atoms with Gasteiger partial charge in [-0.2, -0.15) is 0 Å². The first-order valence-corrected chi connectivity index (χ1v) is 7.97. The molecule has 7 heteroatoms. The molecule has 3 amide bonds. The van der Waals surface area contributed by atoms with Gasteiger partial charge in [-0.15, -0.1) is 0 Å². The third-order valence-corrected chi connectivity index (χ3v) is 4.08. The standard InChI is InChI=1S/C19H18FN3O3/c1-11-16(18(24)22-12-7-9-13(26-2)10-8-12)17(23-19(25)21-11)14-5-3-4-6-15(14)20/h3-10,17H,1-2H3,(H,22,24)(H2,21,23,25)/t17-/m1/s1. The quantitative estimate of drug-likeness (QED) is 0.788. The second kappa shape index (κ2) is 7.26. The van der Waals surface area contributed by atoms with E-state index in [-0.39, 0.29) is 11.1 Å². The van der Waals surface area contributed by atoms with Crippen LogP contribution in [0.15, 0.2) is 59.8 Å². The Morgan fingerprint density at radius 2 is 1.85 bits per heavy atom. The van der Waals surface area contributed by atoms with Crippen LogP contribution in [0.25, 0.3) is 0 Å². The summed E-state index contributed by atoms with van der Waals surface area (Å²) in [7, 11) is 1.55. The highest BCUT2D eigenvalue weighted by Gasteiger charge is 2.32. The van der Waals surface area contributed by atoms with Crippen molar-refractivity contribution >= 4 is 17.6 Å². The third-order valence-electron chi connectivity index (χ3n) is 4.08. The molecule has 0 fully saturated rings. The van der Waals surface area contributed by atoms with Gasteiger partial charge in [0.05, 0.1) is 18.7 Å². The van der Waals surface area contributed by atoms with Crippen LogP contribution >= 0.6 is 0 Å². The molecule has 0 unspecified atom stereocenters. The van der Waals surface area contributed by atoms with Crippen molar-refractivity contribution < 1.29 is 18.7 Å². The fraction of sp³-hybridized carbons (Fsp3) is 0.158. The highest BCUT2D eigenvalue weighted by molar-refractivity contribution is 6.06. The normalized spacial score (nSPS) is 16.6. The molecular weight excluding hydrogens is 337 g/mol. The van der Waals surface area contributed by atoms with Gasteiger partial charge in [0.2, 0.25) is 0 Å². The maximum atomic E-state index is 14.2. The van der Waals surface area contributed by atoms with Gasteiger partial charge in [-0.25, -0.2) is 9.18 Å². The Morgan fingerprint density at radius 3 is 2.50 bits per heavy atom. The molecule has 0 radical (unpaired) electrons. The molecule has 0 aliphatic carbocycles. The molecule has 6 nitrogen and oxygen atoms in total. The SMILES string of the molecule is COc1ccc(NC(=O)C2=C(C)NC(=O)N[C@@H]2c2ccccc2F)cc1. The first kappa shape index (κ1) is 17.5. The van der Waals surface area contributed by atoms with Crippen molar-refractivity contribution in [3.05, 3.63) is 71.2 Å². The van der Waals surface area contributed by atoms with Crippen molar-refractivity contribution in [2.45, 2.75) is 13.0 Å². The van der Waals surface area contributed by atoms with Gasteiger partial charge < -0.3 is 20.7 Å². The van der Waals surface area contributed by atoms with Gasteiger partial charge in [-0.3, -0.25) is 4.79 Å². The number of hydrogen-bond acceptors (Lipinski definition) is 3. The Kier molecular flexibility index (Phi) is 4.88. The summed E-state index contributed by atoms with van der Waals surface area (Å²) < 4.78 is 19.3. The van der Waals surface area contributed by atoms with Gasteiger partial charge in [-0.1, -0.05) is 18.2 Å². The first-order chi connectivity index (χ1) is 12.5. The van der Waals surface area contributed by atoms with E-state index in [1.807, 2.05) is 0 Å². The van der Waals surface area contributed by atoms with Crippen LogP contribution in [0, 0.1) is 5.82 Å². The van der Waals surface area contributed by atoms with Gasteiger partial charge in [0, 0.05) is 16.9 Å². The van der Waals surface area contributed by atoms with Crippen LogP contribution in [-0.2, 0) is 4.79 Å². The van der Waals surface area contributed by atoms with Crippen molar-refractivity contribution in [2.24, 2.45) is 0 Å². The molecular formula is C19H18FN3O3. The van der Waals surface area contributed by atoms with E-state index in [1.54, 1.807) is 56.5 Å². The Bertz CT molecular complexity index is 878. The second-order valence-corrected chi connectivity index (χ2v) is 5.77. The zero-order valence-electron chi connectivity index (χ0n) is 14.3. The number of anilines is 1. The molecule has 0 spiro atoms. The summed E-state index contributed by atoms with van der Waals surface area (Å²) in [6, 6.07) is 11.5. The van der Waals surface area contributed by atoms with Gasteiger partial charge in [0.25, 0.3) is 5.91 Å². The molecule has 1 aliphatic rings. The van der Waals surface area contributed by atoms with Gasteiger partial charge >= 0.3 is 6.03 Å². The molecule has 1 heterocycles. The Balaban J connectivity index is 1.93. The Morgan fingerprint density at radius 1 is 1.15 bits per heavy atom. The number of rotatable bonds is 4. The minimum Gasteiger partial charge on any atom is -0.497 e. The van der Waals surface area contributed by atoms with Crippen LogP contribution in [-0.4, -0.2) is 19.0 Å². The fourth-order valence-electron chi connectivity index (χ4n) is 2.81. The maximum absolute atomic E-state index is 14.2. The lowest BCUT2D eigenvalue weighted by Gasteiger charge is -2.28. The number of urea groups is 1. The molecule has 0 bridgehead atoms. The average molecular weight is 355 g/mol. The highest BCUT2D eigenvalue weighted by Crippen LogP contribution is 2.29. The first-order valence-electron chi connectivity index (χ1n) is 7.97. The minimum absolute atomic E-state index is 0.224. The van der Waals surface area contributed by atoms with E-state index in [0.717, 1.165) is 0 Å². The zero-order chi connectivity index (χ0) is 18.7. The van der Waals surface area contributed by atoms with E-state index in [2.05, 4.69) is 16.0 Å². The molecule has 3 rings (SSSR count). The lowest BCUT2D eigenvalue weighted by atomic mass is 9.94. The molecule has 134 valence electrons. The topological polar surface area (TPSA) is 79.5 Å². The number of ether oxygens (including phenoxy) is 1. The highest BCUT2D eigenvalue weighted by atomic mass is 19.1. The Hall–Kier alpha value is -3.35. The summed E-state index contributed by atoms with van der Waals surface area (Å²) in [6.45, 7) is 1.61. The summed E-state index contributed by atoms with van der Waals surface area (Å²) in [4.78, 5) is 24.7. The number of nitrogens with one attached hydrogen (secondary N) is 3. The second-order valence-electron chi connectivity index (χ2n) is 5.77. The van der Waals surface area contributed by atoms with Crippen LogP contribution < -0.4 is 20.7 Å². The fourth-order valence-corrected chi connectivity index (χ4v) is 2.81. The summed E-state index contributed by atoms with van der Waals surface area (Å²) >= 11 is 0. The predicted molar refractivity (Wildman–Crippen MR) is 95.1 cm³/mol. The van der Waals surface area contributed by atoms with Gasteiger partial charge in [0.1, 0.15) is 11.6 Å². The van der Waals surface area contributed by atoms with Crippen LogP contribution in [0.5, 0.6) is 5.75 Å². The van der Waals surface area contributed by atoms with Crippen molar-refractivity contribution in [1.29, 1.82) is 0 Å². The number of benzene rings is 2. The number of carbonyl (C=O) groups excluding carboxylic acids is 2. The molecule has 3 N–H and O–H groups in total. The monoisotopic (exact) mass is 355 g/mol. The molecule has 2 aromatic carbocycles. The van der Waals surface area contributed by atoms with Crippen molar-refractivity contribution in [1.82, 2.24) is 10.6 Å². The summed E-state index contributed by atoms with van der Waals surface area (Å²) in [6.07, 6.45) is 0. The Labute approximate surface area is 150 Å².